The molecule has 0 fully saturated rings. The van der Waals surface area contributed by atoms with E-state index in [0.717, 1.165) is 11.1 Å². The summed E-state index contributed by atoms with van der Waals surface area (Å²) in [6, 6.07) is 6.05. The van der Waals surface area contributed by atoms with E-state index >= 15 is 0 Å². The van der Waals surface area contributed by atoms with Crippen molar-refractivity contribution in [3.05, 3.63) is 29.3 Å². The lowest BCUT2D eigenvalue weighted by Gasteiger charge is -2.25. The Hall–Kier alpha value is -1.02. The highest BCUT2D eigenvalue weighted by molar-refractivity contribution is 5.43. The summed E-state index contributed by atoms with van der Waals surface area (Å²) in [4.78, 5) is 4.51. The molecular formula is C14H22O2. The average Bonchev–Trinajstić information content (AvgIpc) is 2.14. The van der Waals surface area contributed by atoms with Crippen LogP contribution in [0.2, 0.25) is 0 Å². The zero-order chi connectivity index (χ0) is 12.6. The Labute approximate surface area is 98.2 Å². The molecule has 0 atom stereocenters. The second-order valence-corrected chi connectivity index (χ2v) is 6.30. The van der Waals surface area contributed by atoms with Gasteiger partial charge in [0.15, 0.2) is 5.75 Å². The van der Waals surface area contributed by atoms with E-state index in [1.165, 1.54) is 0 Å². The van der Waals surface area contributed by atoms with E-state index in [2.05, 4.69) is 52.5 Å². The first-order valence-electron chi connectivity index (χ1n) is 5.62. The van der Waals surface area contributed by atoms with Crippen LogP contribution in [0.25, 0.3) is 0 Å². The molecule has 0 unspecified atom stereocenters. The minimum atomic E-state index is -0.0333. The number of hydrogen-bond acceptors (Lipinski definition) is 2. The zero-order valence-corrected chi connectivity index (χ0v) is 11.1. The van der Waals surface area contributed by atoms with Crippen LogP contribution in [0.15, 0.2) is 18.2 Å². The van der Waals surface area contributed by atoms with Gasteiger partial charge in [-0.25, -0.2) is 5.26 Å². The molecule has 0 heterocycles. The molecule has 0 aromatic heterocycles. The summed E-state index contributed by atoms with van der Waals surface area (Å²) < 4.78 is 0. The summed E-state index contributed by atoms with van der Waals surface area (Å²) in [5, 5.41) is 8.97. The van der Waals surface area contributed by atoms with E-state index in [0.29, 0.717) is 5.75 Å². The molecule has 1 rings (SSSR count). The Bertz CT molecular complexity index is 367. The summed E-state index contributed by atoms with van der Waals surface area (Å²) in [5.74, 6) is 0.555. The van der Waals surface area contributed by atoms with Gasteiger partial charge in [-0.2, -0.15) is 0 Å². The second kappa shape index (κ2) is 4.10. The Morgan fingerprint density at radius 2 is 1.50 bits per heavy atom. The van der Waals surface area contributed by atoms with Crippen molar-refractivity contribution in [2.75, 3.05) is 0 Å². The third-order valence-electron chi connectivity index (χ3n) is 2.75. The molecule has 1 aromatic rings. The summed E-state index contributed by atoms with van der Waals surface area (Å²) in [7, 11) is 0. The van der Waals surface area contributed by atoms with E-state index in [9.17, 15) is 0 Å². The van der Waals surface area contributed by atoms with E-state index in [4.69, 9.17) is 5.26 Å². The fourth-order valence-corrected chi connectivity index (χ4v) is 1.68. The van der Waals surface area contributed by atoms with Gasteiger partial charge in [0.25, 0.3) is 0 Å². The van der Waals surface area contributed by atoms with Gasteiger partial charge in [-0.15, -0.1) is 0 Å². The van der Waals surface area contributed by atoms with Crippen molar-refractivity contribution in [1.29, 1.82) is 0 Å². The number of rotatable bonds is 1. The Kier molecular flexibility index (Phi) is 3.34. The van der Waals surface area contributed by atoms with Crippen LogP contribution in [0.4, 0.5) is 0 Å². The first-order valence-corrected chi connectivity index (χ1v) is 5.62. The fraction of sp³-hybridized carbons (Fsp3) is 0.571. The summed E-state index contributed by atoms with van der Waals surface area (Å²) in [6.45, 7) is 12.7. The third kappa shape index (κ3) is 2.76. The monoisotopic (exact) mass is 222 g/mol. The topological polar surface area (TPSA) is 29.5 Å². The molecule has 0 amide bonds. The SMILES string of the molecule is CC(C)(C)c1ccc(C(C)(C)C)c(OO)c1. The molecular weight excluding hydrogens is 200 g/mol. The largest absolute Gasteiger partial charge is 0.340 e. The molecule has 0 saturated heterocycles. The van der Waals surface area contributed by atoms with Gasteiger partial charge in [0.1, 0.15) is 0 Å². The normalized spacial score (nSPS) is 12.7. The maximum Gasteiger partial charge on any atom is 0.169 e. The molecule has 0 radical (unpaired) electrons. The predicted molar refractivity (Wildman–Crippen MR) is 67.1 cm³/mol. The zero-order valence-electron chi connectivity index (χ0n) is 11.1. The van der Waals surface area contributed by atoms with Crippen LogP contribution in [0.1, 0.15) is 52.7 Å². The highest BCUT2D eigenvalue weighted by atomic mass is 17.1. The van der Waals surface area contributed by atoms with Crippen LogP contribution >= 0.6 is 0 Å². The Balaban J connectivity index is 3.28. The van der Waals surface area contributed by atoms with Gasteiger partial charge < -0.3 is 4.89 Å². The van der Waals surface area contributed by atoms with Gasteiger partial charge in [0.05, 0.1) is 0 Å². The molecule has 2 heteroatoms. The smallest absolute Gasteiger partial charge is 0.169 e. The second-order valence-electron chi connectivity index (χ2n) is 6.30. The lowest BCUT2D eigenvalue weighted by atomic mass is 9.81. The maximum absolute atomic E-state index is 8.97. The average molecular weight is 222 g/mol. The van der Waals surface area contributed by atoms with Crippen molar-refractivity contribution in [2.45, 2.75) is 52.4 Å². The lowest BCUT2D eigenvalue weighted by molar-refractivity contribution is -0.138. The van der Waals surface area contributed by atoms with Gasteiger partial charge in [0, 0.05) is 5.56 Å². The van der Waals surface area contributed by atoms with Gasteiger partial charge in [-0.1, -0.05) is 53.7 Å². The Morgan fingerprint density at radius 1 is 0.938 bits per heavy atom. The molecule has 0 aliphatic rings. The van der Waals surface area contributed by atoms with Gasteiger partial charge >= 0.3 is 0 Å². The van der Waals surface area contributed by atoms with Gasteiger partial charge in [0.2, 0.25) is 0 Å². The van der Waals surface area contributed by atoms with Crippen molar-refractivity contribution in [3.8, 4) is 5.75 Å². The van der Waals surface area contributed by atoms with Gasteiger partial charge in [-0.05, 0) is 22.5 Å². The highest BCUT2D eigenvalue weighted by Crippen LogP contribution is 2.34. The molecule has 16 heavy (non-hydrogen) atoms. The van der Waals surface area contributed by atoms with Crippen LogP contribution in [0, 0.1) is 0 Å². The van der Waals surface area contributed by atoms with Crippen LogP contribution < -0.4 is 4.89 Å². The van der Waals surface area contributed by atoms with Crippen molar-refractivity contribution in [2.24, 2.45) is 0 Å². The highest BCUT2D eigenvalue weighted by Gasteiger charge is 2.22. The van der Waals surface area contributed by atoms with Crippen molar-refractivity contribution in [1.82, 2.24) is 0 Å². The fourth-order valence-electron chi connectivity index (χ4n) is 1.68. The molecule has 0 aliphatic heterocycles. The standard InChI is InChI=1S/C14H22O2/c1-13(2,3)10-7-8-11(14(4,5)6)12(9-10)16-15/h7-9,15H,1-6H3. The molecule has 1 N–H and O–H groups in total. The predicted octanol–water partition coefficient (Wildman–Crippen LogP) is 4.13. The first kappa shape index (κ1) is 13.0. The summed E-state index contributed by atoms with van der Waals surface area (Å²) in [5.41, 5.74) is 2.20. The maximum atomic E-state index is 8.97. The van der Waals surface area contributed by atoms with E-state index in [-0.39, 0.29) is 10.8 Å². The Morgan fingerprint density at radius 3 is 1.88 bits per heavy atom. The molecule has 0 spiro atoms. The summed E-state index contributed by atoms with van der Waals surface area (Å²) >= 11 is 0. The van der Waals surface area contributed by atoms with Crippen LogP contribution in [0.3, 0.4) is 0 Å². The number of benzene rings is 1. The molecule has 0 aliphatic carbocycles. The van der Waals surface area contributed by atoms with Crippen molar-refractivity contribution in [3.63, 3.8) is 0 Å². The molecule has 0 saturated carbocycles. The molecule has 0 bridgehead atoms. The molecule has 90 valence electrons. The molecule has 1 aromatic carbocycles. The lowest BCUT2D eigenvalue weighted by Crippen LogP contribution is -2.16. The minimum Gasteiger partial charge on any atom is -0.340 e. The first-order chi connectivity index (χ1) is 7.16. The van der Waals surface area contributed by atoms with Crippen molar-refractivity contribution >= 4 is 0 Å². The minimum absolute atomic E-state index is 0.0333. The number of hydrogen-bond donors (Lipinski definition) is 1. The molecule has 2 nitrogen and oxygen atoms in total. The van der Waals surface area contributed by atoms with Gasteiger partial charge in [-0.3, -0.25) is 0 Å². The van der Waals surface area contributed by atoms with Crippen LogP contribution in [-0.4, -0.2) is 5.26 Å². The quantitative estimate of drug-likeness (QED) is 0.571. The van der Waals surface area contributed by atoms with Crippen molar-refractivity contribution < 1.29 is 10.1 Å². The summed E-state index contributed by atoms with van der Waals surface area (Å²) in [6.07, 6.45) is 0. The van der Waals surface area contributed by atoms with E-state index < -0.39 is 0 Å². The third-order valence-corrected chi connectivity index (χ3v) is 2.75. The van der Waals surface area contributed by atoms with Crippen LogP contribution in [-0.2, 0) is 10.8 Å². The van der Waals surface area contributed by atoms with E-state index in [1.807, 2.05) is 12.1 Å². The van der Waals surface area contributed by atoms with Crippen LogP contribution in [0.5, 0.6) is 5.75 Å². The van der Waals surface area contributed by atoms with E-state index in [1.54, 1.807) is 0 Å².